The smallest absolute Gasteiger partial charge is 0.208 e. The summed E-state index contributed by atoms with van der Waals surface area (Å²) in [5, 5.41) is 0.485. The molecule has 2 heterocycles. The van der Waals surface area contributed by atoms with Crippen molar-refractivity contribution in [1.82, 2.24) is 14.5 Å². The average Bonchev–Trinajstić information content (AvgIpc) is 2.73. The molecular formula is C17H22ClN3. The van der Waals surface area contributed by atoms with Gasteiger partial charge in [-0.15, -0.1) is 0 Å². The Labute approximate surface area is 131 Å². The second kappa shape index (κ2) is 6.44. The number of rotatable bonds is 4. The van der Waals surface area contributed by atoms with Crippen LogP contribution in [0.25, 0.3) is 11.8 Å². The molecule has 0 spiro atoms. The van der Waals surface area contributed by atoms with Crippen LogP contribution in [0.4, 0.5) is 0 Å². The Bertz CT molecular complexity index is 647. The molecule has 0 N–H and O–H groups in total. The van der Waals surface area contributed by atoms with Crippen molar-refractivity contribution in [1.29, 1.82) is 0 Å². The normalized spacial score (nSPS) is 11.0. The molecule has 21 heavy (non-hydrogen) atoms. The highest BCUT2D eigenvalue weighted by atomic mass is 35.5. The van der Waals surface area contributed by atoms with Crippen molar-refractivity contribution in [3.63, 3.8) is 0 Å². The molecular weight excluding hydrogens is 282 g/mol. The van der Waals surface area contributed by atoms with Gasteiger partial charge < -0.3 is 0 Å². The zero-order chi connectivity index (χ0) is 15.6. The van der Waals surface area contributed by atoms with Gasteiger partial charge in [0, 0.05) is 5.69 Å². The van der Waals surface area contributed by atoms with Gasteiger partial charge in [-0.1, -0.05) is 26.3 Å². The Kier molecular flexibility index (Phi) is 4.84. The summed E-state index contributed by atoms with van der Waals surface area (Å²) in [4.78, 5) is 9.00. The van der Waals surface area contributed by atoms with Crippen LogP contribution >= 0.6 is 11.6 Å². The first-order valence-corrected chi connectivity index (χ1v) is 7.70. The molecule has 4 heteroatoms. The second-order valence-corrected chi connectivity index (χ2v) is 6.06. The third-order valence-corrected chi connectivity index (χ3v) is 3.60. The number of aromatic nitrogens is 3. The van der Waals surface area contributed by atoms with Crippen molar-refractivity contribution >= 4 is 17.7 Å². The Morgan fingerprint density at radius 3 is 2.52 bits per heavy atom. The molecule has 2 rings (SSSR count). The molecule has 3 nitrogen and oxygen atoms in total. The van der Waals surface area contributed by atoms with Gasteiger partial charge in [0.05, 0.1) is 23.3 Å². The average molecular weight is 304 g/mol. The highest BCUT2D eigenvalue weighted by molar-refractivity contribution is 6.28. The maximum atomic E-state index is 6.34. The largest absolute Gasteiger partial charge is 0.285 e. The van der Waals surface area contributed by atoms with E-state index in [1.54, 1.807) is 0 Å². The van der Waals surface area contributed by atoms with Gasteiger partial charge in [-0.2, -0.15) is 0 Å². The van der Waals surface area contributed by atoms with E-state index in [4.69, 9.17) is 11.6 Å². The van der Waals surface area contributed by atoms with Crippen molar-refractivity contribution in [3.05, 3.63) is 46.3 Å². The van der Waals surface area contributed by atoms with Crippen molar-refractivity contribution in [2.24, 2.45) is 0 Å². The first kappa shape index (κ1) is 15.8. The van der Waals surface area contributed by atoms with E-state index in [1.165, 1.54) is 5.57 Å². The molecule has 0 aliphatic rings. The van der Waals surface area contributed by atoms with Crippen LogP contribution in [-0.4, -0.2) is 14.5 Å². The molecule has 0 aromatic carbocycles. The van der Waals surface area contributed by atoms with Crippen molar-refractivity contribution in [3.8, 4) is 5.69 Å². The van der Waals surface area contributed by atoms with Gasteiger partial charge in [0.1, 0.15) is 0 Å². The number of hydrogen-bond acceptors (Lipinski definition) is 2. The van der Waals surface area contributed by atoms with Crippen LogP contribution in [0.5, 0.6) is 0 Å². The molecule has 2 aromatic heterocycles. The Hall–Kier alpha value is -1.61. The Balaban J connectivity index is 2.53. The number of hydrogen-bond donors (Lipinski definition) is 0. The summed E-state index contributed by atoms with van der Waals surface area (Å²) in [6.07, 6.45) is 4.80. The van der Waals surface area contributed by atoms with Crippen LogP contribution in [0.3, 0.4) is 0 Å². The number of nitrogens with zero attached hydrogens (tertiary/aromatic N) is 3. The Morgan fingerprint density at radius 1 is 1.33 bits per heavy atom. The second-order valence-electron chi connectivity index (χ2n) is 5.72. The summed E-state index contributed by atoms with van der Waals surface area (Å²) >= 11 is 6.34. The van der Waals surface area contributed by atoms with Gasteiger partial charge in [-0.25, -0.2) is 4.98 Å². The van der Waals surface area contributed by atoms with E-state index in [0.29, 0.717) is 11.2 Å². The van der Waals surface area contributed by atoms with Gasteiger partial charge in [-0.3, -0.25) is 9.55 Å². The van der Waals surface area contributed by atoms with E-state index < -0.39 is 0 Å². The summed E-state index contributed by atoms with van der Waals surface area (Å²) < 4.78 is 1.98. The lowest BCUT2D eigenvalue weighted by Gasteiger charge is -2.10. The summed E-state index contributed by atoms with van der Waals surface area (Å²) in [5.74, 6) is 0.421. The lowest BCUT2D eigenvalue weighted by Crippen LogP contribution is -2.02. The lowest BCUT2D eigenvalue weighted by molar-refractivity contribution is 0.817. The molecule has 0 aliphatic carbocycles. The van der Waals surface area contributed by atoms with E-state index in [1.807, 2.05) is 10.8 Å². The summed E-state index contributed by atoms with van der Waals surface area (Å²) in [6.45, 7) is 10.5. The fraction of sp³-hybridized carbons (Fsp3) is 0.412. The molecule has 0 fully saturated rings. The van der Waals surface area contributed by atoms with Crippen LogP contribution in [0.1, 0.15) is 57.6 Å². The van der Waals surface area contributed by atoms with E-state index in [-0.39, 0.29) is 0 Å². The third kappa shape index (κ3) is 3.35. The van der Waals surface area contributed by atoms with Crippen LogP contribution in [0.15, 0.2) is 23.9 Å². The minimum atomic E-state index is 0.421. The summed E-state index contributed by atoms with van der Waals surface area (Å²) in [6, 6.07) is 4.11. The number of halogens is 1. The quantitative estimate of drug-likeness (QED) is 0.793. The maximum Gasteiger partial charge on any atom is 0.208 e. The highest BCUT2D eigenvalue weighted by Crippen LogP contribution is 2.25. The molecule has 0 aliphatic heterocycles. The van der Waals surface area contributed by atoms with Crippen LogP contribution in [-0.2, 0) is 6.42 Å². The molecule has 0 saturated heterocycles. The fourth-order valence-electron chi connectivity index (χ4n) is 2.30. The molecule has 0 atom stereocenters. The van der Waals surface area contributed by atoms with E-state index >= 15 is 0 Å². The van der Waals surface area contributed by atoms with Crippen molar-refractivity contribution in [2.75, 3.05) is 0 Å². The monoisotopic (exact) mass is 303 g/mol. The minimum Gasteiger partial charge on any atom is -0.285 e. The lowest BCUT2D eigenvalue weighted by atomic mass is 10.1. The predicted molar refractivity (Wildman–Crippen MR) is 89.2 cm³/mol. The van der Waals surface area contributed by atoms with Gasteiger partial charge in [0.15, 0.2) is 0 Å². The molecule has 112 valence electrons. The van der Waals surface area contributed by atoms with Crippen molar-refractivity contribution < 1.29 is 0 Å². The van der Waals surface area contributed by atoms with Gasteiger partial charge in [-0.05, 0) is 56.0 Å². The minimum absolute atomic E-state index is 0.421. The fourth-order valence-corrected chi connectivity index (χ4v) is 2.59. The zero-order valence-corrected chi connectivity index (χ0v) is 14.1. The molecule has 0 saturated carbocycles. The first-order valence-electron chi connectivity index (χ1n) is 7.32. The molecule has 0 amide bonds. The Morgan fingerprint density at radius 2 is 2.05 bits per heavy atom. The van der Waals surface area contributed by atoms with Gasteiger partial charge in [0.25, 0.3) is 0 Å². The predicted octanol–water partition coefficient (Wildman–Crippen LogP) is 5.03. The number of pyridine rings is 1. The summed E-state index contributed by atoms with van der Waals surface area (Å²) in [5.41, 5.74) is 5.30. The van der Waals surface area contributed by atoms with Crippen LogP contribution in [0.2, 0.25) is 5.28 Å². The third-order valence-electron chi connectivity index (χ3n) is 3.34. The van der Waals surface area contributed by atoms with Gasteiger partial charge >= 0.3 is 0 Å². The van der Waals surface area contributed by atoms with E-state index in [9.17, 15) is 0 Å². The molecule has 0 radical (unpaired) electrons. The maximum absolute atomic E-state index is 6.34. The van der Waals surface area contributed by atoms with Gasteiger partial charge in [0.2, 0.25) is 5.28 Å². The first-order chi connectivity index (χ1) is 9.93. The van der Waals surface area contributed by atoms with Crippen LogP contribution in [0, 0.1) is 0 Å². The molecule has 2 aromatic rings. The summed E-state index contributed by atoms with van der Waals surface area (Å²) in [7, 11) is 0. The van der Waals surface area contributed by atoms with Crippen molar-refractivity contribution in [2.45, 2.75) is 47.0 Å². The molecule has 0 bridgehead atoms. The highest BCUT2D eigenvalue weighted by Gasteiger charge is 2.15. The van der Waals surface area contributed by atoms with E-state index in [2.05, 4.69) is 62.8 Å². The topological polar surface area (TPSA) is 30.7 Å². The SMILES string of the molecule is CCc1c(C=C(C)C)nc(Cl)n1-c1ccc(C(C)C)nc1. The van der Waals surface area contributed by atoms with Crippen LogP contribution < -0.4 is 0 Å². The number of allylic oxidation sites excluding steroid dienone is 1. The van der Waals surface area contributed by atoms with E-state index in [0.717, 1.165) is 29.2 Å². The zero-order valence-electron chi connectivity index (χ0n) is 13.3. The standard InChI is InChI=1S/C17H22ClN3/c1-6-16-15(9-11(2)3)20-17(18)21(16)13-7-8-14(12(4)5)19-10-13/h7-10,12H,6H2,1-5H3. The molecule has 0 unspecified atom stereocenters. The number of imidazole rings is 1.